The van der Waals surface area contributed by atoms with Gasteiger partial charge in [0.1, 0.15) is 6.29 Å². The Kier molecular flexibility index (Phi) is 3.48. The predicted molar refractivity (Wildman–Crippen MR) is 29.0 cm³/mol. The number of hydrogen-bond acceptors (Lipinski definition) is 2. The highest BCUT2D eigenvalue weighted by Crippen LogP contribution is 1.73. The highest BCUT2D eigenvalue weighted by atomic mass is 16.1. The molecule has 8 heavy (non-hydrogen) atoms. The molecule has 0 aromatic carbocycles. The molecule has 0 aliphatic heterocycles. The Morgan fingerprint density at radius 3 is 2.62 bits per heavy atom. The second-order valence-electron chi connectivity index (χ2n) is 1.21. The van der Waals surface area contributed by atoms with Crippen LogP contribution in [0.1, 0.15) is 6.42 Å². The van der Waals surface area contributed by atoms with Crippen LogP contribution in [0.2, 0.25) is 0 Å². The van der Waals surface area contributed by atoms with Crippen molar-refractivity contribution in [3.63, 3.8) is 0 Å². The van der Waals surface area contributed by atoms with Gasteiger partial charge in [-0.05, 0) is 6.08 Å². The molecule has 0 aliphatic carbocycles. The number of allylic oxidation sites excluding steroid dienone is 1. The SMILES string of the molecule is NC(=O)C=CCC=O. The number of rotatable bonds is 3. The molecule has 0 rings (SSSR count). The number of amides is 1. The molecule has 0 radical (unpaired) electrons. The largest absolute Gasteiger partial charge is 0.366 e. The maximum atomic E-state index is 9.89. The van der Waals surface area contributed by atoms with Crippen molar-refractivity contribution >= 4 is 12.2 Å². The van der Waals surface area contributed by atoms with E-state index >= 15 is 0 Å². The van der Waals surface area contributed by atoms with Gasteiger partial charge < -0.3 is 10.5 Å². The van der Waals surface area contributed by atoms with Crippen molar-refractivity contribution in [3.8, 4) is 0 Å². The van der Waals surface area contributed by atoms with Crippen molar-refractivity contribution < 1.29 is 9.59 Å². The topological polar surface area (TPSA) is 60.2 Å². The van der Waals surface area contributed by atoms with E-state index in [1.54, 1.807) is 0 Å². The lowest BCUT2D eigenvalue weighted by Crippen LogP contribution is -2.05. The van der Waals surface area contributed by atoms with Crippen LogP contribution in [-0.2, 0) is 9.59 Å². The van der Waals surface area contributed by atoms with E-state index in [0.29, 0.717) is 6.29 Å². The first-order valence-electron chi connectivity index (χ1n) is 2.17. The van der Waals surface area contributed by atoms with Gasteiger partial charge in [-0.15, -0.1) is 0 Å². The summed E-state index contributed by atoms with van der Waals surface area (Å²) in [4.78, 5) is 19.5. The van der Waals surface area contributed by atoms with Crippen LogP contribution in [0.4, 0.5) is 0 Å². The van der Waals surface area contributed by atoms with Gasteiger partial charge in [-0.1, -0.05) is 6.08 Å². The van der Waals surface area contributed by atoms with Gasteiger partial charge in [0.15, 0.2) is 0 Å². The van der Waals surface area contributed by atoms with E-state index in [9.17, 15) is 9.59 Å². The van der Waals surface area contributed by atoms with Crippen molar-refractivity contribution in [2.45, 2.75) is 6.42 Å². The highest BCUT2D eigenvalue weighted by molar-refractivity contribution is 5.86. The Hall–Kier alpha value is -1.12. The van der Waals surface area contributed by atoms with Crippen LogP contribution in [0, 0.1) is 0 Å². The molecule has 0 heterocycles. The average molecular weight is 113 g/mol. The second-order valence-corrected chi connectivity index (χ2v) is 1.21. The lowest BCUT2D eigenvalue weighted by molar-refractivity contribution is -0.113. The van der Waals surface area contributed by atoms with Crippen LogP contribution in [0.15, 0.2) is 12.2 Å². The molecule has 0 aliphatic rings. The second kappa shape index (κ2) is 4.05. The van der Waals surface area contributed by atoms with Gasteiger partial charge in [0.05, 0.1) is 0 Å². The number of carbonyl (C=O) groups is 2. The van der Waals surface area contributed by atoms with Crippen LogP contribution >= 0.6 is 0 Å². The van der Waals surface area contributed by atoms with Gasteiger partial charge in [-0.2, -0.15) is 0 Å². The molecule has 0 saturated heterocycles. The van der Waals surface area contributed by atoms with Gasteiger partial charge in [0, 0.05) is 6.42 Å². The molecule has 1 amide bonds. The molecule has 0 bridgehead atoms. The van der Waals surface area contributed by atoms with E-state index in [1.807, 2.05) is 0 Å². The van der Waals surface area contributed by atoms with Crippen LogP contribution in [0.5, 0.6) is 0 Å². The Morgan fingerprint density at radius 1 is 1.62 bits per heavy atom. The fraction of sp³-hybridized carbons (Fsp3) is 0.200. The summed E-state index contributed by atoms with van der Waals surface area (Å²) in [6.07, 6.45) is 3.52. The van der Waals surface area contributed by atoms with Crippen molar-refractivity contribution in [1.82, 2.24) is 0 Å². The molecule has 3 nitrogen and oxygen atoms in total. The first kappa shape index (κ1) is 6.88. The van der Waals surface area contributed by atoms with Gasteiger partial charge in [-0.25, -0.2) is 0 Å². The maximum Gasteiger partial charge on any atom is 0.241 e. The lowest BCUT2D eigenvalue weighted by Gasteiger charge is -1.74. The van der Waals surface area contributed by atoms with Crippen molar-refractivity contribution in [3.05, 3.63) is 12.2 Å². The first-order chi connectivity index (χ1) is 3.77. The quantitative estimate of drug-likeness (QED) is 0.400. The number of nitrogens with two attached hydrogens (primary N) is 1. The minimum Gasteiger partial charge on any atom is -0.366 e. The molecule has 0 aromatic heterocycles. The Bertz CT molecular complexity index is 118. The van der Waals surface area contributed by atoms with Crippen LogP contribution in [-0.4, -0.2) is 12.2 Å². The fourth-order valence-electron chi connectivity index (χ4n) is 0.240. The Balaban J connectivity index is 3.34. The van der Waals surface area contributed by atoms with Crippen LogP contribution in [0.25, 0.3) is 0 Å². The standard InChI is InChI=1S/C5H7NO2/c6-5(8)3-1-2-4-7/h1,3-4H,2H2,(H2,6,8). The van der Waals surface area contributed by atoms with E-state index in [1.165, 1.54) is 6.08 Å². The summed E-state index contributed by atoms with van der Waals surface area (Å²) in [5.74, 6) is -0.521. The van der Waals surface area contributed by atoms with Gasteiger partial charge in [0.25, 0.3) is 0 Å². The summed E-state index contributed by atoms with van der Waals surface area (Å²) < 4.78 is 0. The molecule has 0 fully saturated rings. The number of carbonyl (C=O) groups excluding carboxylic acids is 2. The van der Waals surface area contributed by atoms with Gasteiger partial charge in [0.2, 0.25) is 5.91 Å². The minimum absolute atomic E-state index is 0.253. The Labute approximate surface area is 47.2 Å². The average Bonchev–Trinajstić information content (AvgIpc) is 1.66. The summed E-state index contributed by atoms with van der Waals surface area (Å²) in [6.45, 7) is 0. The number of aldehydes is 1. The van der Waals surface area contributed by atoms with Crippen LogP contribution in [0.3, 0.4) is 0 Å². The molecule has 0 atom stereocenters. The molecule has 2 N–H and O–H groups in total. The molecule has 0 saturated carbocycles. The van der Waals surface area contributed by atoms with E-state index in [2.05, 4.69) is 0 Å². The van der Waals surface area contributed by atoms with Gasteiger partial charge >= 0.3 is 0 Å². The molecule has 0 aromatic rings. The fourth-order valence-corrected chi connectivity index (χ4v) is 0.240. The molecule has 44 valence electrons. The summed E-state index contributed by atoms with van der Waals surface area (Å²) in [6, 6.07) is 0. The third kappa shape index (κ3) is 4.88. The third-order valence-electron chi connectivity index (χ3n) is 0.514. The molecule has 3 heteroatoms. The summed E-state index contributed by atoms with van der Waals surface area (Å²) >= 11 is 0. The number of primary amides is 1. The normalized spacial score (nSPS) is 9.50. The zero-order valence-electron chi connectivity index (χ0n) is 4.33. The van der Waals surface area contributed by atoms with Gasteiger partial charge in [-0.3, -0.25) is 4.79 Å². The maximum absolute atomic E-state index is 9.89. The zero-order chi connectivity index (χ0) is 6.41. The zero-order valence-corrected chi connectivity index (χ0v) is 4.33. The van der Waals surface area contributed by atoms with Crippen LogP contribution < -0.4 is 5.73 Å². The van der Waals surface area contributed by atoms with E-state index < -0.39 is 5.91 Å². The molecule has 0 spiro atoms. The number of hydrogen-bond donors (Lipinski definition) is 1. The van der Waals surface area contributed by atoms with E-state index in [4.69, 9.17) is 5.73 Å². The predicted octanol–water partition coefficient (Wildman–Crippen LogP) is -0.383. The summed E-state index contributed by atoms with van der Waals surface area (Å²) in [5.41, 5.74) is 4.69. The minimum atomic E-state index is -0.521. The molecular formula is C5H7NO2. The third-order valence-corrected chi connectivity index (χ3v) is 0.514. The smallest absolute Gasteiger partial charge is 0.241 e. The summed E-state index contributed by atoms with van der Waals surface area (Å²) in [5, 5.41) is 0. The Morgan fingerprint density at radius 2 is 2.25 bits per heavy atom. The monoisotopic (exact) mass is 113 g/mol. The van der Waals surface area contributed by atoms with E-state index in [0.717, 1.165) is 6.08 Å². The van der Waals surface area contributed by atoms with Crippen molar-refractivity contribution in [1.29, 1.82) is 0 Å². The van der Waals surface area contributed by atoms with Crippen molar-refractivity contribution in [2.75, 3.05) is 0 Å². The molecule has 0 unspecified atom stereocenters. The first-order valence-corrected chi connectivity index (χ1v) is 2.17. The summed E-state index contributed by atoms with van der Waals surface area (Å²) in [7, 11) is 0. The lowest BCUT2D eigenvalue weighted by atomic mass is 10.4. The van der Waals surface area contributed by atoms with Crippen molar-refractivity contribution in [2.24, 2.45) is 5.73 Å². The van der Waals surface area contributed by atoms with E-state index in [-0.39, 0.29) is 6.42 Å². The molecular weight excluding hydrogens is 106 g/mol. The highest BCUT2D eigenvalue weighted by Gasteiger charge is 1.78.